The van der Waals surface area contributed by atoms with E-state index in [1.54, 1.807) is 21.0 Å². The summed E-state index contributed by atoms with van der Waals surface area (Å²) < 4.78 is 27.2. The number of aryl methyl sites for hydroxylation is 1. The van der Waals surface area contributed by atoms with Gasteiger partial charge in [0.2, 0.25) is 0 Å². The van der Waals surface area contributed by atoms with Gasteiger partial charge in [0.15, 0.2) is 9.84 Å². The van der Waals surface area contributed by atoms with Gasteiger partial charge in [-0.15, -0.1) is 0 Å². The van der Waals surface area contributed by atoms with Crippen LogP contribution in [0.25, 0.3) is 0 Å². The largest absolute Gasteiger partial charge is 0.497 e. The van der Waals surface area contributed by atoms with Crippen molar-refractivity contribution >= 4 is 9.84 Å². The van der Waals surface area contributed by atoms with Gasteiger partial charge in [0.1, 0.15) is 5.75 Å². The highest BCUT2D eigenvalue weighted by Crippen LogP contribution is 2.24. The summed E-state index contributed by atoms with van der Waals surface area (Å²) >= 11 is 0. The van der Waals surface area contributed by atoms with Crippen molar-refractivity contribution in [3.05, 3.63) is 29.8 Å². The first-order valence-corrected chi connectivity index (χ1v) is 8.08. The van der Waals surface area contributed by atoms with Gasteiger partial charge in [-0.3, -0.25) is 0 Å². The molecule has 4 nitrogen and oxygen atoms in total. The maximum absolute atomic E-state index is 11.6. The van der Waals surface area contributed by atoms with Crippen LogP contribution < -0.4 is 4.74 Å². The first kappa shape index (κ1) is 16.0. The lowest BCUT2D eigenvalue weighted by molar-refractivity contribution is 0.128. The second kappa shape index (κ2) is 5.92. The summed E-state index contributed by atoms with van der Waals surface area (Å²) in [6.45, 7) is 3.11. The molecule has 1 aromatic rings. The van der Waals surface area contributed by atoms with Crippen LogP contribution in [0.5, 0.6) is 5.75 Å². The van der Waals surface area contributed by atoms with E-state index in [4.69, 9.17) is 4.74 Å². The summed E-state index contributed by atoms with van der Waals surface area (Å²) in [6, 6.07) is 7.53. The molecule has 1 rings (SSSR count). The Bertz CT molecular complexity index is 503. The Kier molecular flexibility index (Phi) is 4.98. The number of aliphatic hydroxyl groups is 1. The Labute approximate surface area is 115 Å². The Morgan fingerprint density at radius 1 is 1.26 bits per heavy atom. The average Bonchev–Trinajstić information content (AvgIpc) is 2.35. The van der Waals surface area contributed by atoms with Gasteiger partial charge >= 0.3 is 0 Å². The summed E-state index contributed by atoms with van der Waals surface area (Å²) in [5.41, 5.74) is 1.05. The number of methoxy groups -OCH3 is 1. The zero-order chi connectivity index (χ0) is 14.7. The lowest BCUT2D eigenvalue weighted by atomic mass is 9.98. The highest BCUT2D eigenvalue weighted by molar-refractivity contribution is 7.92. The quantitative estimate of drug-likeness (QED) is 0.866. The van der Waals surface area contributed by atoms with E-state index in [1.807, 2.05) is 24.3 Å². The summed E-state index contributed by atoms with van der Waals surface area (Å²) in [6.07, 6.45) is 1.31. The molecule has 0 aliphatic heterocycles. The molecule has 1 aromatic carbocycles. The fraction of sp³-hybridized carbons (Fsp3) is 0.571. The Hall–Kier alpha value is -1.07. The molecule has 0 aliphatic carbocycles. The molecule has 0 saturated heterocycles. The van der Waals surface area contributed by atoms with Crippen LogP contribution in [-0.2, 0) is 16.3 Å². The standard InChI is InChI=1S/C14H22O4S/c1-14(2,19(4,16)17)13(15)10-7-11-5-8-12(18-3)9-6-11/h5-6,8-9,13,15H,7,10H2,1-4H3. The molecule has 0 radical (unpaired) electrons. The van der Waals surface area contributed by atoms with Crippen molar-refractivity contribution in [3.63, 3.8) is 0 Å². The number of aliphatic hydroxyl groups excluding tert-OH is 1. The van der Waals surface area contributed by atoms with E-state index in [1.165, 1.54) is 0 Å². The van der Waals surface area contributed by atoms with E-state index < -0.39 is 20.7 Å². The van der Waals surface area contributed by atoms with Crippen molar-refractivity contribution in [2.45, 2.75) is 37.5 Å². The minimum absolute atomic E-state index is 0.409. The van der Waals surface area contributed by atoms with Crippen molar-refractivity contribution in [1.82, 2.24) is 0 Å². The lowest BCUT2D eigenvalue weighted by Gasteiger charge is -2.28. The van der Waals surface area contributed by atoms with Crippen molar-refractivity contribution < 1.29 is 18.3 Å². The normalized spacial score (nSPS) is 14.2. The van der Waals surface area contributed by atoms with Crippen LogP contribution in [0, 0.1) is 0 Å². The van der Waals surface area contributed by atoms with Crippen LogP contribution in [0.1, 0.15) is 25.8 Å². The first-order valence-electron chi connectivity index (χ1n) is 6.19. The second-order valence-corrected chi connectivity index (χ2v) is 7.87. The van der Waals surface area contributed by atoms with Crippen molar-refractivity contribution in [2.75, 3.05) is 13.4 Å². The third kappa shape index (κ3) is 3.94. The topological polar surface area (TPSA) is 63.6 Å². The van der Waals surface area contributed by atoms with Gasteiger partial charge in [0.05, 0.1) is 18.0 Å². The maximum atomic E-state index is 11.6. The fourth-order valence-electron chi connectivity index (χ4n) is 1.69. The highest BCUT2D eigenvalue weighted by atomic mass is 32.2. The summed E-state index contributed by atoms with van der Waals surface area (Å²) in [5.74, 6) is 0.778. The molecule has 19 heavy (non-hydrogen) atoms. The number of sulfone groups is 1. The Morgan fingerprint density at radius 2 is 1.79 bits per heavy atom. The van der Waals surface area contributed by atoms with E-state index in [0.717, 1.165) is 17.6 Å². The molecule has 0 fully saturated rings. The highest BCUT2D eigenvalue weighted by Gasteiger charge is 2.37. The van der Waals surface area contributed by atoms with E-state index in [-0.39, 0.29) is 0 Å². The Morgan fingerprint density at radius 3 is 2.21 bits per heavy atom. The SMILES string of the molecule is COc1ccc(CCC(O)C(C)(C)S(C)(=O)=O)cc1. The maximum Gasteiger partial charge on any atom is 0.155 e. The van der Waals surface area contributed by atoms with Gasteiger partial charge in [-0.2, -0.15) is 0 Å². The molecule has 0 saturated carbocycles. The molecule has 0 aliphatic rings. The van der Waals surface area contributed by atoms with Crippen LogP contribution in [0.15, 0.2) is 24.3 Å². The van der Waals surface area contributed by atoms with E-state index >= 15 is 0 Å². The van der Waals surface area contributed by atoms with Crippen LogP contribution in [0.3, 0.4) is 0 Å². The monoisotopic (exact) mass is 286 g/mol. The number of hydrogen-bond donors (Lipinski definition) is 1. The van der Waals surface area contributed by atoms with Crippen LogP contribution in [0.4, 0.5) is 0 Å². The second-order valence-electron chi connectivity index (χ2n) is 5.28. The number of ether oxygens (including phenoxy) is 1. The molecular weight excluding hydrogens is 264 g/mol. The fourth-order valence-corrected chi connectivity index (χ4v) is 2.30. The average molecular weight is 286 g/mol. The molecule has 0 bridgehead atoms. The molecule has 108 valence electrons. The van der Waals surface area contributed by atoms with Crippen LogP contribution >= 0.6 is 0 Å². The number of hydrogen-bond acceptors (Lipinski definition) is 4. The van der Waals surface area contributed by atoms with Gasteiger partial charge in [0.25, 0.3) is 0 Å². The smallest absolute Gasteiger partial charge is 0.155 e. The lowest BCUT2D eigenvalue weighted by Crippen LogP contribution is -2.43. The van der Waals surface area contributed by atoms with Gasteiger partial charge in [-0.05, 0) is 44.4 Å². The van der Waals surface area contributed by atoms with E-state index in [0.29, 0.717) is 12.8 Å². The minimum atomic E-state index is -3.29. The molecule has 1 atom stereocenters. The molecule has 5 heteroatoms. The van der Waals surface area contributed by atoms with E-state index in [2.05, 4.69) is 0 Å². The molecule has 0 amide bonds. The van der Waals surface area contributed by atoms with E-state index in [9.17, 15) is 13.5 Å². The van der Waals surface area contributed by atoms with Crippen molar-refractivity contribution in [2.24, 2.45) is 0 Å². The minimum Gasteiger partial charge on any atom is -0.497 e. The summed E-state index contributed by atoms with van der Waals surface area (Å²) in [7, 11) is -1.68. The van der Waals surface area contributed by atoms with Gasteiger partial charge in [-0.1, -0.05) is 12.1 Å². The number of rotatable bonds is 6. The zero-order valence-electron chi connectivity index (χ0n) is 11.9. The zero-order valence-corrected chi connectivity index (χ0v) is 12.7. The van der Waals surface area contributed by atoms with Crippen molar-refractivity contribution in [3.8, 4) is 5.75 Å². The summed E-state index contributed by atoms with van der Waals surface area (Å²) in [5, 5.41) is 10.1. The third-order valence-corrected chi connectivity index (χ3v) is 5.81. The van der Waals surface area contributed by atoms with Crippen LogP contribution in [0.2, 0.25) is 0 Å². The van der Waals surface area contributed by atoms with Crippen molar-refractivity contribution in [1.29, 1.82) is 0 Å². The van der Waals surface area contributed by atoms with Gasteiger partial charge < -0.3 is 9.84 Å². The van der Waals surface area contributed by atoms with Gasteiger partial charge in [0, 0.05) is 6.26 Å². The predicted octanol–water partition coefficient (Wildman–Crippen LogP) is 1.81. The molecule has 0 spiro atoms. The third-order valence-electron chi connectivity index (χ3n) is 3.62. The Balaban J connectivity index is 2.66. The molecule has 1 N–H and O–H groups in total. The first-order chi connectivity index (χ1) is 8.68. The summed E-state index contributed by atoms with van der Waals surface area (Å²) in [4.78, 5) is 0. The predicted molar refractivity (Wildman–Crippen MR) is 76.2 cm³/mol. The van der Waals surface area contributed by atoms with Crippen LogP contribution in [-0.4, -0.2) is 37.7 Å². The number of benzene rings is 1. The molecule has 0 heterocycles. The van der Waals surface area contributed by atoms with Gasteiger partial charge in [-0.25, -0.2) is 8.42 Å². The molecule has 0 aromatic heterocycles. The molecule has 1 unspecified atom stereocenters. The molecular formula is C14H22O4S.